The first-order chi connectivity index (χ1) is 7.90. The summed E-state index contributed by atoms with van der Waals surface area (Å²) >= 11 is 0. The molecule has 7 heteroatoms. The molecule has 2 amide bonds. The summed E-state index contributed by atoms with van der Waals surface area (Å²) in [5.74, 6) is -0.817. The fourth-order valence-electron chi connectivity index (χ4n) is 1.51. The third-order valence-electron chi connectivity index (χ3n) is 2.51. The number of hydrogen-bond acceptors (Lipinski definition) is 2. The average Bonchev–Trinajstić information content (AvgIpc) is 2.97. The second-order valence-corrected chi connectivity index (χ2v) is 4.27. The number of carboxylic acid groups (broad SMARTS) is 1. The van der Waals surface area contributed by atoms with Crippen molar-refractivity contribution < 1.29 is 23.5 Å². The van der Waals surface area contributed by atoms with E-state index in [9.17, 15) is 18.4 Å². The molecule has 0 aromatic carbocycles. The molecule has 1 N–H and O–H groups in total. The van der Waals surface area contributed by atoms with Crippen molar-refractivity contribution in [1.82, 2.24) is 9.80 Å². The van der Waals surface area contributed by atoms with Gasteiger partial charge in [0.1, 0.15) is 6.54 Å². The second-order valence-electron chi connectivity index (χ2n) is 4.27. The van der Waals surface area contributed by atoms with Crippen molar-refractivity contribution in [2.45, 2.75) is 19.3 Å². The predicted octanol–water partition coefficient (Wildman–Crippen LogP) is 1.10. The maximum absolute atomic E-state index is 12.1. The zero-order valence-electron chi connectivity index (χ0n) is 9.60. The van der Waals surface area contributed by atoms with Gasteiger partial charge in [-0.2, -0.15) is 0 Å². The number of hydrogen-bond donors (Lipinski definition) is 1. The number of aliphatic carboxylic acids is 1. The first-order valence-corrected chi connectivity index (χ1v) is 5.40. The Kier molecular flexibility index (Phi) is 4.65. The fourth-order valence-corrected chi connectivity index (χ4v) is 1.51. The van der Waals surface area contributed by atoms with Gasteiger partial charge in [0.2, 0.25) is 0 Å². The van der Waals surface area contributed by atoms with E-state index in [-0.39, 0.29) is 0 Å². The molecule has 0 radical (unpaired) electrons. The van der Waals surface area contributed by atoms with E-state index in [0.29, 0.717) is 12.5 Å². The van der Waals surface area contributed by atoms with Crippen molar-refractivity contribution in [3.63, 3.8) is 0 Å². The fraction of sp³-hybridized carbons (Fsp3) is 0.800. The van der Waals surface area contributed by atoms with E-state index >= 15 is 0 Å². The summed E-state index contributed by atoms with van der Waals surface area (Å²) in [5.41, 5.74) is 0. The lowest BCUT2D eigenvalue weighted by Gasteiger charge is -2.26. The van der Waals surface area contributed by atoms with Crippen molar-refractivity contribution in [2.75, 3.05) is 26.7 Å². The van der Waals surface area contributed by atoms with Gasteiger partial charge in [-0.3, -0.25) is 4.79 Å². The molecule has 0 spiro atoms. The van der Waals surface area contributed by atoms with Crippen LogP contribution < -0.4 is 0 Å². The number of nitrogens with zero attached hydrogens (tertiary/aromatic N) is 2. The van der Waals surface area contributed by atoms with Crippen LogP contribution in [0.5, 0.6) is 0 Å². The van der Waals surface area contributed by atoms with Crippen molar-refractivity contribution in [3.05, 3.63) is 0 Å². The van der Waals surface area contributed by atoms with Crippen LogP contribution >= 0.6 is 0 Å². The van der Waals surface area contributed by atoms with E-state index in [1.165, 1.54) is 7.05 Å². The van der Waals surface area contributed by atoms with E-state index in [0.717, 1.165) is 22.6 Å². The van der Waals surface area contributed by atoms with Gasteiger partial charge in [-0.05, 0) is 18.8 Å². The summed E-state index contributed by atoms with van der Waals surface area (Å²) in [7, 11) is 1.25. The lowest BCUT2D eigenvalue weighted by Crippen LogP contribution is -2.46. The van der Waals surface area contributed by atoms with Gasteiger partial charge in [0.15, 0.2) is 0 Å². The zero-order valence-corrected chi connectivity index (χ0v) is 9.60. The summed E-state index contributed by atoms with van der Waals surface area (Å²) in [5, 5.41) is 8.67. The highest BCUT2D eigenvalue weighted by molar-refractivity contribution is 5.80. The van der Waals surface area contributed by atoms with Crippen LogP contribution in [-0.4, -0.2) is 60.0 Å². The molecule has 17 heavy (non-hydrogen) atoms. The molecule has 0 aromatic heterocycles. The Hall–Kier alpha value is -1.40. The van der Waals surface area contributed by atoms with Crippen LogP contribution in [0, 0.1) is 5.92 Å². The average molecular weight is 250 g/mol. The molecular weight excluding hydrogens is 234 g/mol. The molecule has 0 heterocycles. The molecule has 0 saturated heterocycles. The van der Waals surface area contributed by atoms with Crippen LogP contribution in [0.3, 0.4) is 0 Å². The minimum absolute atomic E-state index is 0.318. The molecule has 0 aliphatic heterocycles. The van der Waals surface area contributed by atoms with E-state index < -0.39 is 31.5 Å². The smallest absolute Gasteiger partial charge is 0.323 e. The largest absolute Gasteiger partial charge is 0.480 e. The highest BCUT2D eigenvalue weighted by Gasteiger charge is 2.29. The minimum Gasteiger partial charge on any atom is -0.480 e. The number of amides is 2. The van der Waals surface area contributed by atoms with Gasteiger partial charge in [0.05, 0.1) is 6.54 Å². The number of halogens is 2. The maximum Gasteiger partial charge on any atom is 0.323 e. The SMILES string of the molecule is CN(CC(F)F)C(=O)N(CC(=O)O)CC1CC1. The lowest BCUT2D eigenvalue weighted by atomic mass is 10.3. The second kappa shape index (κ2) is 5.79. The van der Waals surface area contributed by atoms with Gasteiger partial charge in [0, 0.05) is 13.6 Å². The molecular formula is C10H16F2N2O3. The number of urea groups is 1. The normalized spacial score (nSPS) is 14.8. The monoisotopic (exact) mass is 250 g/mol. The van der Waals surface area contributed by atoms with Crippen molar-refractivity contribution in [1.29, 1.82) is 0 Å². The Morgan fingerprint density at radius 3 is 2.41 bits per heavy atom. The molecule has 5 nitrogen and oxygen atoms in total. The number of carbonyl (C=O) groups excluding carboxylic acids is 1. The summed E-state index contributed by atoms with van der Waals surface area (Å²) in [4.78, 5) is 24.3. The van der Waals surface area contributed by atoms with Crippen LogP contribution in [0.15, 0.2) is 0 Å². The zero-order chi connectivity index (χ0) is 13.0. The first kappa shape index (κ1) is 13.7. The molecule has 1 saturated carbocycles. The molecule has 1 rings (SSSR count). The van der Waals surface area contributed by atoms with Gasteiger partial charge in [-0.15, -0.1) is 0 Å². The molecule has 1 fully saturated rings. The quantitative estimate of drug-likeness (QED) is 0.768. The summed E-state index contributed by atoms with van der Waals surface area (Å²) in [6.07, 6.45) is -0.694. The summed E-state index contributed by atoms with van der Waals surface area (Å²) in [6, 6.07) is -0.653. The molecule has 0 atom stereocenters. The highest BCUT2D eigenvalue weighted by Crippen LogP contribution is 2.29. The molecule has 1 aliphatic carbocycles. The van der Waals surface area contributed by atoms with Crippen molar-refractivity contribution >= 4 is 12.0 Å². The Labute approximate surface area is 98.0 Å². The maximum atomic E-state index is 12.1. The third kappa shape index (κ3) is 4.97. The van der Waals surface area contributed by atoms with E-state index in [2.05, 4.69) is 0 Å². The molecule has 1 aliphatic rings. The Bertz CT molecular complexity index is 295. The van der Waals surface area contributed by atoms with Gasteiger partial charge in [0.25, 0.3) is 6.43 Å². The van der Waals surface area contributed by atoms with Gasteiger partial charge < -0.3 is 14.9 Å². The molecule has 98 valence electrons. The number of alkyl halides is 2. The standard InChI is InChI=1S/C10H16F2N2O3/c1-13(5-8(11)12)10(17)14(6-9(15)16)4-7-2-3-7/h7-8H,2-6H2,1H3,(H,15,16). The third-order valence-corrected chi connectivity index (χ3v) is 2.51. The highest BCUT2D eigenvalue weighted by atomic mass is 19.3. The van der Waals surface area contributed by atoms with E-state index in [1.54, 1.807) is 0 Å². The van der Waals surface area contributed by atoms with Gasteiger partial charge >= 0.3 is 12.0 Å². The Morgan fingerprint density at radius 2 is 2.00 bits per heavy atom. The first-order valence-electron chi connectivity index (χ1n) is 5.40. The van der Waals surface area contributed by atoms with Crippen LogP contribution in [-0.2, 0) is 4.79 Å². The predicted molar refractivity (Wildman–Crippen MR) is 56.0 cm³/mol. The minimum atomic E-state index is -2.61. The van der Waals surface area contributed by atoms with Crippen molar-refractivity contribution in [2.24, 2.45) is 5.92 Å². The van der Waals surface area contributed by atoms with E-state index in [1.807, 2.05) is 0 Å². The van der Waals surface area contributed by atoms with Crippen LogP contribution in [0.2, 0.25) is 0 Å². The van der Waals surface area contributed by atoms with E-state index in [4.69, 9.17) is 5.11 Å². The summed E-state index contributed by atoms with van der Waals surface area (Å²) in [6.45, 7) is -0.790. The Balaban J connectivity index is 2.53. The topological polar surface area (TPSA) is 60.9 Å². The number of carboxylic acids is 1. The molecule has 0 aromatic rings. The lowest BCUT2D eigenvalue weighted by molar-refractivity contribution is -0.137. The van der Waals surface area contributed by atoms with Gasteiger partial charge in [-0.1, -0.05) is 0 Å². The van der Waals surface area contributed by atoms with Crippen molar-refractivity contribution in [3.8, 4) is 0 Å². The van der Waals surface area contributed by atoms with Gasteiger partial charge in [-0.25, -0.2) is 13.6 Å². The number of carbonyl (C=O) groups is 2. The van der Waals surface area contributed by atoms with Crippen LogP contribution in [0.25, 0.3) is 0 Å². The molecule has 0 bridgehead atoms. The van der Waals surface area contributed by atoms with Crippen LogP contribution in [0.1, 0.15) is 12.8 Å². The van der Waals surface area contributed by atoms with Crippen LogP contribution in [0.4, 0.5) is 13.6 Å². The molecule has 0 unspecified atom stereocenters. The number of rotatable bonds is 6. The summed E-state index contributed by atoms with van der Waals surface area (Å²) < 4.78 is 24.2. The Morgan fingerprint density at radius 1 is 1.41 bits per heavy atom.